The molecule has 1 fully saturated rings. The Morgan fingerprint density at radius 1 is 0.962 bits per heavy atom. The van der Waals surface area contributed by atoms with Gasteiger partial charge in [-0.15, -0.1) is 0 Å². The quantitative estimate of drug-likeness (QED) is 0.862. The molecule has 0 aromatic heterocycles. The smallest absolute Gasteiger partial charge is 0.320 e. The number of urea groups is 1. The average molecular weight is 359 g/mol. The van der Waals surface area contributed by atoms with Crippen LogP contribution in [0.5, 0.6) is 0 Å². The second-order valence-electron chi connectivity index (χ2n) is 6.16. The van der Waals surface area contributed by atoms with E-state index in [1.807, 2.05) is 0 Å². The fourth-order valence-electron chi connectivity index (χ4n) is 2.81. The van der Waals surface area contributed by atoms with Crippen molar-refractivity contribution >= 4 is 11.9 Å². The van der Waals surface area contributed by atoms with Gasteiger partial charge in [0.25, 0.3) is 0 Å². The minimum absolute atomic E-state index is 0.0476. The number of hydrogen-bond donors (Lipinski definition) is 1. The fourth-order valence-corrected chi connectivity index (χ4v) is 2.81. The first-order valence-corrected chi connectivity index (χ1v) is 8.31. The van der Waals surface area contributed by atoms with E-state index in [1.165, 1.54) is 29.2 Å². The first-order chi connectivity index (χ1) is 12.5. The van der Waals surface area contributed by atoms with Gasteiger partial charge in [0.05, 0.1) is 0 Å². The molecule has 1 N–H and O–H groups in total. The van der Waals surface area contributed by atoms with Crippen LogP contribution < -0.4 is 5.32 Å². The normalized spacial score (nSPS) is 14.0. The highest BCUT2D eigenvalue weighted by Gasteiger charge is 2.29. The summed E-state index contributed by atoms with van der Waals surface area (Å²) in [6, 6.07) is 11.7. The summed E-state index contributed by atoms with van der Waals surface area (Å²) in [6.07, 6.45) is 0. The molecule has 3 amide bonds. The van der Waals surface area contributed by atoms with Crippen LogP contribution in [0.25, 0.3) is 0 Å². The van der Waals surface area contributed by atoms with Gasteiger partial charge in [0.15, 0.2) is 0 Å². The molecule has 0 spiro atoms. The number of carbonyl (C=O) groups is 2. The Hall–Kier alpha value is -2.96. The molecule has 1 aliphatic heterocycles. The number of rotatable bonds is 6. The van der Waals surface area contributed by atoms with Crippen molar-refractivity contribution in [1.29, 1.82) is 0 Å². The van der Waals surface area contributed by atoms with Crippen LogP contribution in [0.2, 0.25) is 0 Å². The topological polar surface area (TPSA) is 52.7 Å². The SMILES string of the molecule is O=C(CN1CCN(Cc2ccc(F)cc2)C1=O)NCc1cccc(F)c1. The van der Waals surface area contributed by atoms with Crippen LogP contribution in [-0.4, -0.2) is 41.4 Å². The molecule has 0 unspecified atom stereocenters. The van der Waals surface area contributed by atoms with Gasteiger partial charge >= 0.3 is 6.03 Å². The molecule has 2 aromatic rings. The van der Waals surface area contributed by atoms with E-state index in [-0.39, 0.29) is 36.7 Å². The van der Waals surface area contributed by atoms with Gasteiger partial charge in [-0.25, -0.2) is 13.6 Å². The van der Waals surface area contributed by atoms with Gasteiger partial charge in [-0.2, -0.15) is 0 Å². The molecule has 7 heteroatoms. The first-order valence-electron chi connectivity index (χ1n) is 8.31. The van der Waals surface area contributed by atoms with Crippen molar-refractivity contribution in [1.82, 2.24) is 15.1 Å². The molecule has 1 heterocycles. The molecule has 0 aliphatic carbocycles. The molecule has 3 rings (SSSR count). The van der Waals surface area contributed by atoms with Crippen molar-refractivity contribution in [2.45, 2.75) is 13.1 Å². The van der Waals surface area contributed by atoms with Crippen molar-refractivity contribution in [2.75, 3.05) is 19.6 Å². The van der Waals surface area contributed by atoms with E-state index in [0.29, 0.717) is 25.2 Å². The molecule has 1 aliphatic rings. The summed E-state index contributed by atoms with van der Waals surface area (Å²) in [4.78, 5) is 27.5. The zero-order valence-corrected chi connectivity index (χ0v) is 14.1. The Kier molecular flexibility index (Phi) is 5.46. The number of carbonyl (C=O) groups excluding carboxylic acids is 2. The lowest BCUT2D eigenvalue weighted by atomic mass is 10.2. The highest BCUT2D eigenvalue weighted by Crippen LogP contribution is 2.13. The van der Waals surface area contributed by atoms with E-state index in [1.54, 1.807) is 29.2 Å². The minimum atomic E-state index is -0.358. The van der Waals surface area contributed by atoms with Crippen LogP contribution in [0, 0.1) is 11.6 Å². The van der Waals surface area contributed by atoms with Gasteiger partial charge in [0.2, 0.25) is 5.91 Å². The van der Waals surface area contributed by atoms with Crippen LogP contribution in [-0.2, 0) is 17.9 Å². The van der Waals surface area contributed by atoms with Crippen LogP contribution >= 0.6 is 0 Å². The van der Waals surface area contributed by atoms with E-state index in [2.05, 4.69) is 5.32 Å². The molecule has 2 aromatic carbocycles. The van der Waals surface area contributed by atoms with Gasteiger partial charge in [-0.05, 0) is 35.4 Å². The van der Waals surface area contributed by atoms with Gasteiger partial charge in [-0.3, -0.25) is 4.79 Å². The Labute approximate surface area is 150 Å². The van der Waals surface area contributed by atoms with Gasteiger partial charge < -0.3 is 15.1 Å². The zero-order chi connectivity index (χ0) is 18.5. The number of benzene rings is 2. The number of nitrogens with zero attached hydrogens (tertiary/aromatic N) is 2. The lowest BCUT2D eigenvalue weighted by Gasteiger charge is -2.18. The maximum atomic E-state index is 13.1. The molecule has 136 valence electrons. The van der Waals surface area contributed by atoms with Crippen molar-refractivity contribution in [3.05, 3.63) is 71.3 Å². The van der Waals surface area contributed by atoms with Gasteiger partial charge in [0, 0.05) is 26.2 Å². The summed E-state index contributed by atoms with van der Waals surface area (Å²) in [6.45, 7) is 1.49. The predicted octanol–water partition coefficient (Wildman–Crippen LogP) is 2.52. The Bertz CT molecular complexity index is 796. The van der Waals surface area contributed by atoms with E-state index in [9.17, 15) is 18.4 Å². The molecule has 5 nitrogen and oxygen atoms in total. The first kappa shape index (κ1) is 17.8. The molecule has 0 bridgehead atoms. The molecular weight excluding hydrogens is 340 g/mol. The number of hydrogen-bond acceptors (Lipinski definition) is 2. The van der Waals surface area contributed by atoms with E-state index in [0.717, 1.165) is 5.56 Å². The third-order valence-corrected chi connectivity index (χ3v) is 4.18. The van der Waals surface area contributed by atoms with Crippen molar-refractivity contribution < 1.29 is 18.4 Å². The molecule has 26 heavy (non-hydrogen) atoms. The largest absolute Gasteiger partial charge is 0.350 e. The van der Waals surface area contributed by atoms with Crippen LogP contribution in [0.15, 0.2) is 48.5 Å². The third-order valence-electron chi connectivity index (χ3n) is 4.18. The Morgan fingerprint density at radius 2 is 1.69 bits per heavy atom. The van der Waals surface area contributed by atoms with Crippen molar-refractivity contribution in [2.24, 2.45) is 0 Å². The predicted molar refractivity (Wildman–Crippen MR) is 92.0 cm³/mol. The van der Waals surface area contributed by atoms with E-state index in [4.69, 9.17) is 0 Å². The number of halogens is 2. The second-order valence-corrected chi connectivity index (χ2v) is 6.16. The summed E-state index contributed by atoms with van der Waals surface area (Å²) >= 11 is 0. The molecular formula is C19H19F2N3O2. The van der Waals surface area contributed by atoms with E-state index >= 15 is 0 Å². The summed E-state index contributed by atoms with van der Waals surface area (Å²) in [7, 11) is 0. The minimum Gasteiger partial charge on any atom is -0.350 e. The molecule has 0 saturated carbocycles. The molecule has 0 atom stereocenters. The van der Waals surface area contributed by atoms with Gasteiger partial charge in [0.1, 0.15) is 18.2 Å². The van der Waals surface area contributed by atoms with Crippen LogP contribution in [0.3, 0.4) is 0 Å². The summed E-state index contributed by atoms with van der Waals surface area (Å²) in [5.74, 6) is -0.979. The van der Waals surface area contributed by atoms with Crippen molar-refractivity contribution in [3.8, 4) is 0 Å². The maximum absolute atomic E-state index is 13.1. The van der Waals surface area contributed by atoms with Crippen molar-refractivity contribution in [3.63, 3.8) is 0 Å². The second kappa shape index (κ2) is 7.95. The lowest BCUT2D eigenvalue weighted by molar-refractivity contribution is -0.121. The zero-order valence-electron chi connectivity index (χ0n) is 14.1. The van der Waals surface area contributed by atoms with Crippen LogP contribution in [0.1, 0.15) is 11.1 Å². The average Bonchev–Trinajstić information content (AvgIpc) is 2.95. The summed E-state index contributed by atoms with van der Waals surface area (Å²) in [5.41, 5.74) is 1.49. The summed E-state index contributed by atoms with van der Waals surface area (Å²) in [5, 5.41) is 2.68. The summed E-state index contributed by atoms with van der Waals surface area (Å²) < 4.78 is 26.1. The van der Waals surface area contributed by atoms with Gasteiger partial charge in [-0.1, -0.05) is 24.3 Å². The lowest BCUT2D eigenvalue weighted by Crippen LogP contribution is -2.39. The highest BCUT2D eigenvalue weighted by molar-refractivity contribution is 5.85. The van der Waals surface area contributed by atoms with Crippen LogP contribution in [0.4, 0.5) is 13.6 Å². The fraction of sp³-hybridized carbons (Fsp3) is 0.263. The molecule has 0 radical (unpaired) electrons. The standard InChI is InChI=1S/C19H19F2N3O2/c20-16-6-4-14(5-7-16)12-23-8-9-24(19(23)26)13-18(25)22-11-15-2-1-3-17(21)10-15/h1-7,10H,8-9,11-13H2,(H,22,25). The molecule has 1 saturated heterocycles. The number of amides is 3. The number of nitrogens with one attached hydrogen (secondary N) is 1. The maximum Gasteiger partial charge on any atom is 0.320 e. The monoisotopic (exact) mass is 359 g/mol. The van der Waals surface area contributed by atoms with E-state index < -0.39 is 0 Å². The Morgan fingerprint density at radius 3 is 2.42 bits per heavy atom. The highest BCUT2D eigenvalue weighted by atomic mass is 19.1. The third kappa shape index (κ3) is 4.56. The Balaban J connectivity index is 1.48.